The Balaban J connectivity index is 2.15. The lowest BCUT2D eigenvalue weighted by molar-refractivity contribution is -0.118. The summed E-state index contributed by atoms with van der Waals surface area (Å²) in [4.78, 5) is 12.2. The van der Waals surface area contributed by atoms with E-state index in [0.717, 1.165) is 41.5 Å². The van der Waals surface area contributed by atoms with Gasteiger partial charge in [0.1, 0.15) is 5.75 Å². The third-order valence-corrected chi connectivity index (χ3v) is 3.82. The minimum absolute atomic E-state index is 0.0171. The van der Waals surface area contributed by atoms with Gasteiger partial charge in [-0.3, -0.25) is 4.79 Å². The first kappa shape index (κ1) is 14.3. The van der Waals surface area contributed by atoms with Crippen molar-refractivity contribution < 1.29 is 9.53 Å². The number of carbonyl (C=O) groups is 1. The number of ether oxygens (including phenoxy) is 1. The average Bonchev–Trinajstić information content (AvgIpc) is 2.42. The molecule has 4 nitrogen and oxygen atoms in total. The van der Waals surface area contributed by atoms with Crippen LogP contribution < -0.4 is 15.4 Å². The molecule has 1 aliphatic rings. The molecule has 0 radical (unpaired) electrons. The minimum Gasteiger partial charge on any atom is -0.495 e. The Bertz CT molecular complexity index is 471. The molecule has 1 heterocycles. The van der Waals surface area contributed by atoms with E-state index in [9.17, 15) is 4.79 Å². The number of hydrogen-bond donors (Lipinski definition) is 2. The van der Waals surface area contributed by atoms with Gasteiger partial charge in [0, 0.05) is 4.47 Å². The Morgan fingerprint density at radius 1 is 1.47 bits per heavy atom. The number of halogens is 1. The number of anilines is 1. The van der Waals surface area contributed by atoms with Gasteiger partial charge in [0.2, 0.25) is 5.91 Å². The van der Waals surface area contributed by atoms with Crippen LogP contribution in [0, 0.1) is 6.92 Å². The second kappa shape index (κ2) is 6.39. The quantitative estimate of drug-likeness (QED) is 0.898. The highest BCUT2D eigenvalue weighted by Crippen LogP contribution is 2.32. The van der Waals surface area contributed by atoms with Gasteiger partial charge in [-0.25, -0.2) is 0 Å². The Morgan fingerprint density at radius 3 is 2.89 bits per heavy atom. The molecular formula is C14H19BrN2O2. The van der Waals surface area contributed by atoms with Crippen LogP contribution in [-0.2, 0) is 4.79 Å². The fourth-order valence-electron chi connectivity index (χ4n) is 2.32. The summed E-state index contributed by atoms with van der Waals surface area (Å²) in [6.45, 7) is 2.87. The summed E-state index contributed by atoms with van der Waals surface area (Å²) in [6, 6.07) is 3.73. The van der Waals surface area contributed by atoms with E-state index in [2.05, 4.69) is 26.6 Å². The van der Waals surface area contributed by atoms with Crippen molar-refractivity contribution in [3.8, 4) is 5.75 Å². The highest BCUT2D eigenvalue weighted by atomic mass is 79.9. The van der Waals surface area contributed by atoms with Crippen molar-refractivity contribution in [1.29, 1.82) is 0 Å². The molecule has 0 spiro atoms. The van der Waals surface area contributed by atoms with Crippen LogP contribution in [0.15, 0.2) is 16.6 Å². The van der Waals surface area contributed by atoms with Gasteiger partial charge >= 0.3 is 0 Å². The van der Waals surface area contributed by atoms with Crippen molar-refractivity contribution >= 4 is 27.5 Å². The van der Waals surface area contributed by atoms with Gasteiger partial charge in [-0.1, -0.05) is 22.4 Å². The summed E-state index contributed by atoms with van der Waals surface area (Å²) >= 11 is 3.43. The van der Waals surface area contributed by atoms with E-state index in [1.807, 2.05) is 19.1 Å². The first-order chi connectivity index (χ1) is 9.11. The lowest BCUT2D eigenvalue weighted by Crippen LogP contribution is -2.43. The molecule has 5 heteroatoms. The summed E-state index contributed by atoms with van der Waals surface area (Å²) < 4.78 is 6.27. The number of piperidine rings is 1. The topological polar surface area (TPSA) is 50.4 Å². The molecule has 104 valence electrons. The molecule has 2 rings (SSSR count). The van der Waals surface area contributed by atoms with Gasteiger partial charge in [-0.05, 0) is 44.0 Å². The molecule has 0 aromatic heterocycles. The fourth-order valence-corrected chi connectivity index (χ4v) is 2.87. The molecule has 1 amide bonds. The van der Waals surface area contributed by atoms with E-state index in [4.69, 9.17) is 4.74 Å². The van der Waals surface area contributed by atoms with Crippen LogP contribution in [-0.4, -0.2) is 25.6 Å². The molecule has 1 aliphatic heterocycles. The molecule has 1 aromatic carbocycles. The van der Waals surface area contributed by atoms with Gasteiger partial charge < -0.3 is 15.4 Å². The zero-order chi connectivity index (χ0) is 13.8. The molecule has 1 atom stereocenters. The third-order valence-electron chi connectivity index (χ3n) is 3.36. The highest BCUT2D eigenvalue weighted by molar-refractivity contribution is 9.10. The largest absolute Gasteiger partial charge is 0.495 e. The van der Waals surface area contributed by atoms with E-state index in [1.165, 1.54) is 0 Å². The maximum absolute atomic E-state index is 12.2. The predicted molar refractivity (Wildman–Crippen MR) is 79.7 cm³/mol. The normalized spacial score (nSPS) is 19.0. The summed E-state index contributed by atoms with van der Waals surface area (Å²) in [5, 5.41) is 6.22. The SMILES string of the molecule is COc1cc(Br)cc(C)c1NC(=O)[C@H]1CCCCN1. The molecule has 1 aromatic rings. The van der Waals surface area contributed by atoms with Crippen molar-refractivity contribution in [1.82, 2.24) is 5.32 Å². The Labute approximate surface area is 122 Å². The van der Waals surface area contributed by atoms with Crippen molar-refractivity contribution in [3.05, 3.63) is 22.2 Å². The predicted octanol–water partition coefficient (Wildman–Crippen LogP) is 2.85. The standard InChI is InChI=1S/C14H19BrN2O2/c1-9-7-10(15)8-12(19-2)13(9)17-14(18)11-5-3-4-6-16-11/h7-8,11,16H,3-6H2,1-2H3,(H,17,18)/t11-/m1/s1. The number of amides is 1. The van der Waals surface area contributed by atoms with Crippen LogP contribution in [0.5, 0.6) is 5.75 Å². The van der Waals surface area contributed by atoms with Crippen molar-refractivity contribution in [2.75, 3.05) is 19.0 Å². The molecule has 0 aliphatic carbocycles. The Kier molecular flexibility index (Phi) is 4.82. The van der Waals surface area contributed by atoms with E-state index in [0.29, 0.717) is 5.75 Å². The maximum atomic E-state index is 12.2. The van der Waals surface area contributed by atoms with Crippen LogP contribution in [0.3, 0.4) is 0 Å². The molecule has 1 fully saturated rings. The van der Waals surface area contributed by atoms with Gasteiger partial charge in [-0.2, -0.15) is 0 Å². The molecule has 1 saturated heterocycles. The number of hydrogen-bond acceptors (Lipinski definition) is 3. The van der Waals surface area contributed by atoms with Crippen LogP contribution >= 0.6 is 15.9 Å². The number of aryl methyl sites for hydroxylation is 1. The lowest BCUT2D eigenvalue weighted by Gasteiger charge is -2.23. The Morgan fingerprint density at radius 2 is 2.26 bits per heavy atom. The van der Waals surface area contributed by atoms with Crippen molar-refractivity contribution in [3.63, 3.8) is 0 Å². The fraction of sp³-hybridized carbons (Fsp3) is 0.500. The molecule has 19 heavy (non-hydrogen) atoms. The summed E-state index contributed by atoms with van der Waals surface area (Å²) in [7, 11) is 1.61. The van der Waals surface area contributed by atoms with E-state index >= 15 is 0 Å². The zero-order valence-electron chi connectivity index (χ0n) is 11.3. The van der Waals surface area contributed by atoms with Gasteiger partial charge in [-0.15, -0.1) is 0 Å². The summed E-state index contributed by atoms with van der Waals surface area (Å²) in [5.41, 5.74) is 1.73. The smallest absolute Gasteiger partial charge is 0.241 e. The number of methoxy groups -OCH3 is 1. The van der Waals surface area contributed by atoms with Crippen molar-refractivity contribution in [2.24, 2.45) is 0 Å². The van der Waals surface area contributed by atoms with Gasteiger partial charge in [0.25, 0.3) is 0 Å². The van der Waals surface area contributed by atoms with Crippen LogP contribution in [0.25, 0.3) is 0 Å². The van der Waals surface area contributed by atoms with Gasteiger partial charge in [0.05, 0.1) is 18.8 Å². The number of benzene rings is 1. The van der Waals surface area contributed by atoms with Crippen LogP contribution in [0.2, 0.25) is 0 Å². The minimum atomic E-state index is -0.0958. The van der Waals surface area contributed by atoms with E-state index in [-0.39, 0.29) is 11.9 Å². The molecular weight excluding hydrogens is 308 g/mol. The summed E-state index contributed by atoms with van der Waals surface area (Å²) in [6.07, 6.45) is 3.13. The Hall–Kier alpha value is -1.07. The third kappa shape index (κ3) is 3.48. The van der Waals surface area contributed by atoms with E-state index < -0.39 is 0 Å². The summed E-state index contributed by atoms with van der Waals surface area (Å²) in [5.74, 6) is 0.694. The monoisotopic (exact) mass is 326 g/mol. The van der Waals surface area contributed by atoms with Crippen LogP contribution in [0.4, 0.5) is 5.69 Å². The number of nitrogens with one attached hydrogen (secondary N) is 2. The van der Waals surface area contributed by atoms with Crippen LogP contribution in [0.1, 0.15) is 24.8 Å². The average molecular weight is 327 g/mol. The second-order valence-electron chi connectivity index (χ2n) is 4.79. The second-order valence-corrected chi connectivity index (χ2v) is 5.71. The first-order valence-electron chi connectivity index (χ1n) is 6.50. The highest BCUT2D eigenvalue weighted by Gasteiger charge is 2.22. The molecule has 0 saturated carbocycles. The molecule has 0 bridgehead atoms. The van der Waals surface area contributed by atoms with E-state index in [1.54, 1.807) is 7.11 Å². The maximum Gasteiger partial charge on any atom is 0.241 e. The number of carbonyl (C=O) groups excluding carboxylic acids is 1. The van der Waals surface area contributed by atoms with Gasteiger partial charge in [0.15, 0.2) is 0 Å². The van der Waals surface area contributed by atoms with Crippen molar-refractivity contribution in [2.45, 2.75) is 32.2 Å². The molecule has 2 N–H and O–H groups in total. The first-order valence-corrected chi connectivity index (χ1v) is 7.29. The number of rotatable bonds is 3. The molecule has 0 unspecified atom stereocenters. The lowest BCUT2D eigenvalue weighted by atomic mass is 10.0. The zero-order valence-corrected chi connectivity index (χ0v) is 12.8.